The van der Waals surface area contributed by atoms with Crippen molar-refractivity contribution in [3.05, 3.63) is 0 Å². The first-order valence-corrected chi connectivity index (χ1v) is 3.29. The molecule has 0 aliphatic rings. The van der Waals surface area contributed by atoms with Crippen LogP contribution in [0.1, 0.15) is 0 Å². The van der Waals surface area contributed by atoms with Crippen molar-refractivity contribution in [1.29, 1.82) is 0 Å². The lowest BCUT2D eigenvalue weighted by molar-refractivity contribution is -0.271. The minimum Gasteiger partial charge on any atom is -0.477 e. The topological polar surface area (TPSA) is 37.3 Å². The molecule has 0 rings (SSSR count). The van der Waals surface area contributed by atoms with E-state index in [-0.39, 0.29) is 0 Å². The standard InChI is InChI=1S/C4HBrF6O2/c5-4(10,11)3(8,9)2(6,7)1(12)13/h(H,12,13). The van der Waals surface area contributed by atoms with Crippen LogP contribution in [-0.2, 0) is 4.79 Å². The van der Waals surface area contributed by atoms with Crippen LogP contribution in [0.3, 0.4) is 0 Å². The Morgan fingerprint density at radius 2 is 1.38 bits per heavy atom. The van der Waals surface area contributed by atoms with Gasteiger partial charge in [0.2, 0.25) is 0 Å². The lowest BCUT2D eigenvalue weighted by Gasteiger charge is -2.26. The van der Waals surface area contributed by atoms with Gasteiger partial charge in [0, 0.05) is 0 Å². The Morgan fingerprint density at radius 1 is 1.08 bits per heavy atom. The van der Waals surface area contributed by atoms with E-state index in [1.54, 1.807) is 0 Å². The van der Waals surface area contributed by atoms with Gasteiger partial charge in [0.15, 0.2) is 0 Å². The van der Waals surface area contributed by atoms with Gasteiger partial charge in [0.1, 0.15) is 0 Å². The molecule has 0 fully saturated rings. The minimum atomic E-state index is -5.99. The summed E-state index contributed by atoms with van der Waals surface area (Å²) in [5.74, 6) is -15.2. The molecular weight excluding hydrogens is 274 g/mol. The zero-order valence-corrected chi connectivity index (χ0v) is 7.09. The van der Waals surface area contributed by atoms with Crippen LogP contribution in [0.4, 0.5) is 26.3 Å². The molecule has 0 unspecified atom stereocenters. The van der Waals surface area contributed by atoms with E-state index in [9.17, 15) is 31.1 Å². The molecule has 0 aromatic rings. The Labute approximate surface area is 75.7 Å². The molecule has 13 heavy (non-hydrogen) atoms. The molecule has 0 saturated heterocycles. The molecule has 1 N–H and O–H groups in total. The fourth-order valence-electron chi connectivity index (χ4n) is 0.312. The van der Waals surface area contributed by atoms with Gasteiger partial charge in [-0.05, 0) is 15.9 Å². The van der Waals surface area contributed by atoms with Crippen molar-refractivity contribution in [3.8, 4) is 0 Å². The number of carboxylic acids is 1. The van der Waals surface area contributed by atoms with Crippen LogP contribution >= 0.6 is 15.9 Å². The number of rotatable bonds is 3. The Kier molecular flexibility index (Phi) is 2.92. The third kappa shape index (κ3) is 1.89. The van der Waals surface area contributed by atoms with Gasteiger partial charge in [-0.2, -0.15) is 26.3 Å². The third-order valence-electron chi connectivity index (χ3n) is 1.02. The second-order valence-corrected chi connectivity index (χ2v) is 2.95. The Hall–Kier alpha value is -0.470. The molecule has 0 aliphatic carbocycles. The minimum absolute atomic E-state index is 0.978. The fourth-order valence-corrected chi connectivity index (χ4v) is 0.561. The molecule has 0 radical (unpaired) electrons. The quantitative estimate of drug-likeness (QED) is 0.634. The van der Waals surface area contributed by atoms with Gasteiger partial charge >= 0.3 is 22.6 Å². The Bertz CT molecular complexity index is 221. The van der Waals surface area contributed by atoms with E-state index in [4.69, 9.17) is 5.11 Å². The maximum Gasteiger partial charge on any atom is 0.411 e. The van der Waals surface area contributed by atoms with Crippen LogP contribution in [-0.4, -0.2) is 27.8 Å². The first-order chi connectivity index (χ1) is 5.44. The van der Waals surface area contributed by atoms with E-state index in [1.807, 2.05) is 0 Å². The summed E-state index contributed by atoms with van der Waals surface area (Å²) in [6.45, 7) is 0. The molecule has 0 saturated carbocycles. The van der Waals surface area contributed by atoms with Crippen molar-refractivity contribution >= 4 is 21.9 Å². The number of alkyl halides is 7. The molecule has 0 atom stereocenters. The maximum absolute atomic E-state index is 12.0. The van der Waals surface area contributed by atoms with E-state index in [0.29, 0.717) is 0 Å². The van der Waals surface area contributed by atoms with Gasteiger partial charge in [-0.15, -0.1) is 0 Å². The monoisotopic (exact) mass is 274 g/mol. The van der Waals surface area contributed by atoms with Crippen molar-refractivity contribution in [3.63, 3.8) is 0 Å². The van der Waals surface area contributed by atoms with Gasteiger partial charge < -0.3 is 5.11 Å². The van der Waals surface area contributed by atoms with Crippen LogP contribution in [0.25, 0.3) is 0 Å². The van der Waals surface area contributed by atoms with Crippen LogP contribution in [0.5, 0.6) is 0 Å². The van der Waals surface area contributed by atoms with Gasteiger partial charge in [0.05, 0.1) is 0 Å². The second kappa shape index (κ2) is 3.03. The van der Waals surface area contributed by atoms with Crippen molar-refractivity contribution in [2.24, 2.45) is 0 Å². The SMILES string of the molecule is O=C(O)C(F)(F)C(F)(F)C(F)(F)Br. The highest BCUT2D eigenvalue weighted by atomic mass is 79.9. The summed E-state index contributed by atoms with van der Waals surface area (Å²) < 4.78 is 71.5. The van der Waals surface area contributed by atoms with Crippen molar-refractivity contribution < 1.29 is 36.2 Å². The predicted octanol–water partition coefficient (Wildman–Crippen LogP) is 2.33. The van der Waals surface area contributed by atoms with Gasteiger partial charge in [-0.1, -0.05) is 0 Å². The number of hydrogen-bond donors (Lipinski definition) is 1. The second-order valence-electron chi connectivity index (χ2n) is 1.95. The van der Waals surface area contributed by atoms with Gasteiger partial charge in [-0.25, -0.2) is 4.79 Å². The highest BCUT2D eigenvalue weighted by Crippen LogP contribution is 2.48. The number of hydrogen-bond acceptors (Lipinski definition) is 1. The van der Waals surface area contributed by atoms with E-state index in [2.05, 4.69) is 0 Å². The van der Waals surface area contributed by atoms with Crippen LogP contribution < -0.4 is 0 Å². The summed E-state index contributed by atoms with van der Waals surface area (Å²) in [7, 11) is 0. The van der Waals surface area contributed by atoms with Crippen LogP contribution in [0.2, 0.25) is 0 Å². The summed E-state index contributed by atoms with van der Waals surface area (Å²) in [5.41, 5.74) is 0. The van der Waals surface area contributed by atoms with Gasteiger partial charge in [0.25, 0.3) is 0 Å². The van der Waals surface area contributed by atoms with Crippen molar-refractivity contribution in [2.45, 2.75) is 16.7 Å². The molecule has 0 bridgehead atoms. The molecule has 0 spiro atoms. The zero-order chi connectivity index (χ0) is 11.1. The predicted molar refractivity (Wildman–Crippen MR) is 31.4 cm³/mol. The van der Waals surface area contributed by atoms with Crippen LogP contribution in [0, 0.1) is 0 Å². The summed E-state index contributed by atoms with van der Waals surface area (Å²) in [6.07, 6.45) is 0. The third-order valence-corrected chi connectivity index (χ3v) is 1.52. The highest BCUT2D eigenvalue weighted by molar-refractivity contribution is 9.10. The molecule has 0 amide bonds. The normalized spacial score (nSPS) is 14.4. The van der Waals surface area contributed by atoms with Crippen molar-refractivity contribution in [1.82, 2.24) is 0 Å². The molecule has 0 heterocycles. The molecule has 2 nitrogen and oxygen atoms in total. The molecule has 78 valence electrons. The van der Waals surface area contributed by atoms with E-state index in [1.165, 1.54) is 0 Å². The number of halogens is 7. The Balaban J connectivity index is 5.16. The number of carbonyl (C=O) groups is 1. The smallest absolute Gasteiger partial charge is 0.411 e. The van der Waals surface area contributed by atoms with E-state index >= 15 is 0 Å². The molecule has 0 aromatic heterocycles. The number of aliphatic carboxylic acids is 1. The fraction of sp³-hybridized carbons (Fsp3) is 0.750. The summed E-state index contributed by atoms with van der Waals surface area (Å²) in [6, 6.07) is 0. The Morgan fingerprint density at radius 3 is 1.46 bits per heavy atom. The summed E-state index contributed by atoms with van der Waals surface area (Å²) in [4.78, 5) is 4.24. The molecule has 0 aromatic carbocycles. The molecule has 9 heteroatoms. The average Bonchev–Trinajstić information content (AvgIpc) is 1.84. The molecular formula is C4HBrF6O2. The first kappa shape index (κ1) is 12.5. The van der Waals surface area contributed by atoms with E-state index in [0.717, 1.165) is 15.9 Å². The summed E-state index contributed by atoms with van der Waals surface area (Å²) >= 11 is 0.978. The zero-order valence-electron chi connectivity index (χ0n) is 5.50. The lowest BCUT2D eigenvalue weighted by atomic mass is 10.2. The van der Waals surface area contributed by atoms with Crippen LogP contribution in [0.15, 0.2) is 0 Å². The van der Waals surface area contributed by atoms with E-state index < -0.39 is 22.6 Å². The van der Waals surface area contributed by atoms with Crippen molar-refractivity contribution in [2.75, 3.05) is 0 Å². The highest BCUT2D eigenvalue weighted by Gasteiger charge is 2.74. The lowest BCUT2D eigenvalue weighted by Crippen LogP contribution is -2.55. The van der Waals surface area contributed by atoms with Gasteiger partial charge in [-0.3, -0.25) is 0 Å². The number of carboxylic acid groups (broad SMARTS) is 1. The maximum atomic E-state index is 12.0. The average molecular weight is 275 g/mol. The first-order valence-electron chi connectivity index (χ1n) is 2.50. The summed E-state index contributed by atoms with van der Waals surface area (Å²) in [5, 5.41) is 7.56. The molecule has 0 aliphatic heterocycles. The largest absolute Gasteiger partial charge is 0.477 e.